The summed E-state index contributed by atoms with van der Waals surface area (Å²) in [6, 6.07) is 6.93. The lowest BCUT2D eigenvalue weighted by Crippen LogP contribution is -2.48. The van der Waals surface area contributed by atoms with Crippen molar-refractivity contribution in [2.45, 2.75) is 31.9 Å². The van der Waals surface area contributed by atoms with Crippen molar-refractivity contribution < 1.29 is 18.3 Å². The quantitative estimate of drug-likeness (QED) is 0.755. The van der Waals surface area contributed by atoms with Gasteiger partial charge in [0, 0.05) is 19.1 Å². The van der Waals surface area contributed by atoms with Crippen LogP contribution in [0, 0.1) is 0 Å². The van der Waals surface area contributed by atoms with E-state index in [1.807, 2.05) is 7.05 Å². The van der Waals surface area contributed by atoms with Gasteiger partial charge in [-0.15, -0.1) is 0 Å². The van der Waals surface area contributed by atoms with Gasteiger partial charge in [0.25, 0.3) is 0 Å². The lowest BCUT2D eigenvalue weighted by atomic mass is 10.1. The number of nitrogens with one attached hydrogen (secondary N) is 2. The van der Waals surface area contributed by atoms with E-state index < -0.39 is 6.61 Å². The largest absolute Gasteiger partial charge is 0.435 e. The molecule has 0 radical (unpaired) electrons. The fourth-order valence-electron chi connectivity index (χ4n) is 2.88. The average Bonchev–Trinajstić information content (AvgIpc) is 2.56. The third-order valence-corrected chi connectivity index (χ3v) is 4.17. The maximum Gasteiger partial charge on any atom is 0.387 e. The number of rotatable bonds is 8. The minimum absolute atomic E-state index is 0.0180. The van der Waals surface area contributed by atoms with Crippen LogP contribution in [-0.4, -0.2) is 56.7 Å². The SMILES string of the molecule is CNC1CCCN(CC(=O)NCCc2ccc(OC(F)F)cc2)C1. The molecule has 1 unspecified atom stereocenters. The van der Waals surface area contributed by atoms with Crippen molar-refractivity contribution in [3.05, 3.63) is 29.8 Å². The number of amides is 1. The van der Waals surface area contributed by atoms with Crippen molar-refractivity contribution in [3.63, 3.8) is 0 Å². The van der Waals surface area contributed by atoms with Gasteiger partial charge in [-0.2, -0.15) is 8.78 Å². The van der Waals surface area contributed by atoms with E-state index in [2.05, 4.69) is 20.3 Å². The number of ether oxygens (including phenoxy) is 1. The third kappa shape index (κ3) is 6.41. The molecule has 0 aliphatic carbocycles. The summed E-state index contributed by atoms with van der Waals surface area (Å²) in [7, 11) is 1.95. The fourth-order valence-corrected chi connectivity index (χ4v) is 2.88. The molecular weight excluding hydrogens is 316 g/mol. The van der Waals surface area contributed by atoms with E-state index in [1.54, 1.807) is 12.1 Å². The highest BCUT2D eigenvalue weighted by Gasteiger charge is 2.19. The van der Waals surface area contributed by atoms with Crippen LogP contribution in [0.1, 0.15) is 18.4 Å². The molecule has 1 atom stereocenters. The highest BCUT2D eigenvalue weighted by molar-refractivity contribution is 5.78. The van der Waals surface area contributed by atoms with Gasteiger partial charge in [0.2, 0.25) is 5.91 Å². The van der Waals surface area contributed by atoms with Crippen molar-refractivity contribution in [1.29, 1.82) is 0 Å². The highest BCUT2D eigenvalue weighted by Crippen LogP contribution is 2.15. The van der Waals surface area contributed by atoms with Crippen LogP contribution in [0.15, 0.2) is 24.3 Å². The molecule has 0 saturated carbocycles. The molecule has 1 aromatic carbocycles. The van der Waals surface area contributed by atoms with Gasteiger partial charge >= 0.3 is 6.61 Å². The lowest BCUT2D eigenvalue weighted by Gasteiger charge is -2.31. The molecule has 5 nitrogen and oxygen atoms in total. The third-order valence-electron chi connectivity index (χ3n) is 4.17. The first-order chi connectivity index (χ1) is 11.6. The molecule has 1 aromatic rings. The predicted molar refractivity (Wildman–Crippen MR) is 88.3 cm³/mol. The van der Waals surface area contributed by atoms with E-state index in [1.165, 1.54) is 12.1 Å². The Bertz CT molecular complexity index is 511. The minimum atomic E-state index is -2.81. The van der Waals surface area contributed by atoms with Crippen LogP contribution in [0.4, 0.5) is 8.78 Å². The van der Waals surface area contributed by atoms with E-state index in [0.717, 1.165) is 31.5 Å². The zero-order valence-corrected chi connectivity index (χ0v) is 13.9. The summed E-state index contributed by atoms with van der Waals surface area (Å²) < 4.78 is 28.4. The highest BCUT2D eigenvalue weighted by atomic mass is 19.3. The number of hydrogen-bond acceptors (Lipinski definition) is 4. The minimum Gasteiger partial charge on any atom is -0.435 e. The first-order valence-electron chi connectivity index (χ1n) is 8.27. The maximum absolute atomic E-state index is 12.1. The van der Waals surface area contributed by atoms with Gasteiger partial charge in [-0.1, -0.05) is 12.1 Å². The molecule has 1 aliphatic rings. The van der Waals surface area contributed by atoms with Gasteiger partial charge < -0.3 is 15.4 Å². The Morgan fingerprint density at radius 2 is 2.12 bits per heavy atom. The second kappa shape index (κ2) is 9.54. The number of carbonyl (C=O) groups excluding carboxylic acids is 1. The van der Waals surface area contributed by atoms with Crippen molar-refractivity contribution in [2.75, 3.05) is 33.2 Å². The van der Waals surface area contributed by atoms with Gasteiger partial charge in [0.05, 0.1) is 6.54 Å². The number of piperidine rings is 1. The van der Waals surface area contributed by atoms with E-state index in [0.29, 0.717) is 25.6 Å². The topological polar surface area (TPSA) is 53.6 Å². The molecule has 134 valence electrons. The number of likely N-dealkylation sites (tertiary alicyclic amines) is 1. The summed E-state index contributed by atoms with van der Waals surface area (Å²) in [5.74, 6) is 0.159. The first kappa shape index (κ1) is 18.6. The molecule has 1 saturated heterocycles. The Labute approximate surface area is 141 Å². The zero-order valence-electron chi connectivity index (χ0n) is 13.9. The second-order valence-electron chi connectivity index (χ2n) is 5.99. The summed E-state index contributed by atoms with van der Waals surface area (Å²) in [4.78, 5) is 14.2. The Morgan fingerprint density at radius 3 is 2.79 bits per heavy atom. The Morgan fingerprint density at radius 1 is 1.38 bits per heavy atom. The number of carbonyl (C=O) groups is 1. The molecule has 0 aromatic heterocycles. The number of alkyl halides is 2. The van der Waals surface area contributed by atoms with Gasteiger partial charge in [0.1, 0.15) is 5.75 Å². The van der Waals surface area contributed by atoms with Crippen LogP contribution in [0.25, 0.3) is 0 Å². The van der Waals surface area contributed by atoms with Crippen LogP contribution >= 0.6 is 0 Å². The van der Waals surface area contributed by atoms with E-state index in [4.69, 9.17) is 0 Å². The van der Waals surface area contributed by atoms with Gasteiger partial charge in [-0.05, 0) is 50.6 Å². The normalized spacial score (nSPS) is 18.6. The molecule has 1 amide bonds. The number of halogens is 2. The summed E-state index contributed by atoms with van der Waals surface area (Å²) in [6.07, 6.45) is 2.91. The van der Waals surface area contributed by atoms with Crippen molar-refractivity contribution in [1.82, 2.24) is 15.5 Å². The Hall–Kier alpha value is -1.73. The number of likely N-dealkylation sites (N-methyl/N-ethyl adjacent to an activating group) is 1. The maximum atomic E-state index is 12.1. The predicted octanol–water partition coefficient (Wildman–Crippen LogP) is 1.63. The smallest absolute Gasteiger partial charge is 0.387 e. The molecule has 1 fully saturated rings. The fraction of sp³-hybridized carbons (Fsp3) is 0.588. The monoisotopic (exact) mass is 341 g/mol. The number of hydrogen-bond donors (Lipinski definition) is 2. The molecule has 0 spiro atoms. The summed E-state index contributed by atoms with van der Waals surface area (Å²) in [6.45, 7) is -0.0177. The molecule has 1 aliphatic heterocycles. The van der Waals surface area contributed by atoms with Crippen LogP contribution in [0.2, 0.25) is 0 Å². The van der Waals surface area contributed by atoms with Gasteiger partial charge in [0.15, 0.2) is 0 Å². The molecule has 2 N–H and O–H groups in total. The molecule has 0 bridgehead atoms. The average molecular weight is 341 g/mol. The summed E-state index contributed by atoms with van der Waals surface area (Å²) >= 11 is 0. The van der Waals surface area contributed by atoms with Crippen molar-refractivity contribution in [2.24, 2.45) is 0 Å². The van der Waals surface area contributed by atoms with Crippen molar-refractivity contribution in [3.8, 4) is 5.75 Å². The number of benzene rings is 1. The van der Waals surface area contributed by atoms with Crippen LogP contribution in [-0.2, 0) is 11.2 Å². The Balaban J connectivity index is 1.67. The second-order valence-corrected chi connectivity index (χ2v) is 5.99. The van der Waals surface area contributed by atoms with Crippen LogP contribution in [0.5, 0.6) is 5.75 Å². The molecule has 2 rings (SSSR count). The molecule has 7 heteroatoms. The standard InChI is InChI=1S/C17H25F2N3O2/c1-20-14-3-2-10-22(11-14)12-16(23)21-9-8-13-4-6-15(7-5-13)24-17(18)19/h4-7,14,17,20H,2-3,8-12H2,1H3,(H,21,23). The first-order valence-corrected chi connectivity index (χ1v) is 8.27. The van der Waals surface area contributed by atoms with Crippen molar-refractivity contribution >= 4 is 5.91 Å². The number of nitrogens with zero attached hydrogens (tertiary/aromatic N) is 1. The Kier molecular flexibility index (Phi) is 7.39. The van der Waals surface area contributed by atoms with Crippen LogP contribution in [0.3, 0.4) is 0 Å². The molecular formula is C17H25F2N3O2. The van der Waals surface area contributed by atoms with E-state index in [-0.39, 0.29) is 11.7 Å². The molecule has 24 heavy (non-hydrogen) atoms. The van der Waals surface area contributed by atoms with Gasteiger partial charge in [-0.3, -0.25) is 9.69 Å². The van der Waals surface area contributed by atoms with Gasteiger partial charge in [-0.25, -0.2) is 0 Å². The lowest BCUT2D eigenvalue weighted by molar-refractivity contribution is -0.122. The zero-order chi connectivity index (χ0) is 17.4. The summed E-state index contributed by atoms with van der Waals surface area (Å²) in [5.41, 5.74) is 0.963. The summed E-state index contributed by atoms with van der Waals surface area (Å²) in [5, 5.41) is 6.16. The van der Waals surface area contributed by atoms with E-state index in [9.17, 15) is 13.6 Å². The van der Waals surface area contributed by atoms with Crippen LogP contribution < -0.4 is 15.4 Å². The molecule has 1 heterocycles. The van der Waals surface area contributed by atoms with E-state index >= 15 is 0 Å².